The summed E-state index contributed by atoms with van der Waals surface area (Å²) in [7, 11) is 0. The molecule has 0 aliphatic rings. The molecule has 4 N–H and O–H groups in total. The summed E-state index contributed by atoms with van der Waals surface area (Å²) in [5.41, 5.74) is 5.87. The maximum Gasteiger partial charge on any atom is 0.416 e. The molecule has 2 amide bonds. The maximum atomic E-state index is 12.8. The van der Waals surface area contributed by atoms with E-state index in [1.807, 2.05) is 0 Å². The van der Waals surface area contributed by atoms with Crippen molar-refractivity contribution in [2.24, 2.45) is 0 Å². The van der Waals surface area contributed by atoms with E-state index in [1.54, 1.807) is 28.8 Å². The van der Waals surface area contributed by atoms with E-state index >= 15 is 0 Å². The van der Waals surface area contributed by atoms with Gasteiger partial charge in [0.1, 0.15) is 23.3 Å². The molecule has 12 heteroatoms. The molecule has 0 aliphatic carbocycles. The fourth-order valence-corrected chi connectivity index (χ4v) is 2.97. The summed E-state index contributed by atoms with van der Waals surface area (Å²) in [6.45, 7) is 0. The second-order valence-electron chi connectivity index (χ2n) is 6.56. The first-order valence-electron chi connectivity index (χ1n) is 9.06. The normalized spacial score (nSPS) is 11.3. The maximum absolute atomic E-state index is 12.8. The molecule has 0 fully saturated rings. The van der Waals surface area contributed by atoms with Gasteiger partial charge in [0.05, 0.1) is 5.56 Å². The lowest BCUT2D eigenvalue weighted by Gasteiger charge is -2.12. The number of fused-ring (bicyclic) bond motifs is 1. The van der Waals surface area contributed by atoms with Crippen molar-refractivity contribution in [2.75, 3.05) is 16.4 Å². The predicted molar refractivity (Wildman–Crippen MR) is 111 cm³/mol. The number of hydrogen-bond acceptors (Lipinski definition) is 6. The number of alkyl halides is 3. The third kappa shape index (κ3) is 4.19. The third-order valence-corrected chi connectivity index (χ3v) is 4.44. The van der Waals surface area contributed by atoms with Gasteiger partial charge in [0.25, 0.3) is 0 Å². The van der Waals surface area contributed by atoms with Crippen molar-refractivity contribution >= 4 is 34.4 Å². The van der Waals surface area contributed by atoms with E-state index in [4.69, 9.17) is 5.73 Å². The minimum Gasteiger partial charge on any atom is -0.383 e. The van der Waals surface area contributed by atoms with Crippen LogP contribution in [-0.4, -0.2) is 25.6 Å². The summed E-state index contributed by atoms with van der Waals surface area (Å²) in [6.07, 6.45) is -0.813. The fourth-order valence-electron chi connectivity index (χ4n) is 2.97. The Morgan fingerprint density at radius 1 is 1.00 bits per heavy atom. The lowest BCUT2D eigenvalue weighted by atomic mass is 10.2. The van der Waals surface area contributed by atoms with Crippen LogP contribution in [0.15, 0.2) is 66.0 Å². The summed E-state index contributed by atoms with van der Waals surface area (Å²) in [4.78, 5) is 35.9. The molecule has 0 radical (unpaired) electrons. The molecule has 1 aromatic carbocycles. The Hall–Kier alpha value is -4.48. The van der Waals surface area contributed by atoms with Gasteiger partial charge in [-0.15, -0.1) is 0 Å². The number of pyridine rings is 2. The first-order chi connectivity index (χ1) is 15.2. The van der Waals surface area contributed by atoms with Gasteiger partial charge in [0, 0.05) is 29.8 Å². The molecule has 0 saturated heterocycles. The number of nitrogens with zero attached hydrogens (tertiary/aromatic N) is 4. The number of carbonyl (C=O) groups is 1. The molecule has 162 valence electrons. The van der Waals surface area contributed by atoms with Crippen LogP contribution in [0.1, 0.15) is 5.56 Å². The Balaban J connectivity index is 1.52. The number of benzene rings is 1. The van der Waals surface area contributed by atoms with Gasteiger partial charge in [0.15, 0.2) is 11.1 Å². The average molecular weight is 441 g/mol. The number of carbonyl (C=O) groups excluding carboxylic acids is 1. The van der Waals surface area contributed by atoms with E-state index in [9.17, 15) is 22.8 Å². The van der Waals surface area contributed by atoms with Gasteiger partial charge in [-0.25, -0.2) is 19.7 Å². The second kappa shape index (κ2) is 7.98. The number of amides is 2. The second-order valence-corrected chi connectivity index (χ2v) is 6.56. The van der Waals surface area contributed by atoms with E-state index in [0.29, 0.717) is 17.0 Å². The van der Waals surface area contributed by atoms with E-state index in [0.717, 1.165) is 18.3 Å². The quantitative estimate of drug-likeness (QED) is 0.447. The first-order valence-corrected chi connectivity index (χ1v) is 9.06. The van der Waals surface area contributed by atoms with Crippen LogP contribution in [-0.2, 0) is 6.18 Å². The highest BCUT2D eigenvalue weighted by molar-refractivity contribution is 5.99. The Morgan fingerprint density at radius 3 is 2.47 bits per heavy atom. The van der Waals surface area contributed by atoms with Crippen molar-refractivity contribution in [2.45, 2.75) is 6.18 Å². The van der Waals surface area contributed by atoms with Gasteiger partial charge in [-0.05, 0) is 36.4 Å². The summed E-state index contributed by atoms with van der Waals surface area (Å²) in [6, 6.07) is 8.56. The van der Waals surface area contributed by atoms with Crippen molar-refractivity contribution in [3.05, 3.63) is 77.0 Å². The zero-order valence-electron chi connectivity index (χ0n) is 16.1. The highest BCUT2D eigenvalue weighted by atomic mass is 19.4. The van der Waals surface area contributed by atoms with Crippen LogP contribution in [0.4, 0.5) is 35.3 Å². The van der Waals surface area contributed by atoms with Crippen LogP contribution in [0.25, 0.3) is 16.7 Å². The van der Waals surface area contributed by atoms with Crippen molar-refractivity contribution in [3.63, 3.8) is 0 Å². The minimum atomic E-state index is -4.55. The number of nitrogen functional groups attached to an aromatic ring is 1. The number of hydrogen-bond donors (Lipinski definition) is 3. The fraction of sp³-hybridized carbons (Fsp3) is 0.0500. The zero-order chi connectivity index (χ0) is 22.9. The minimum absolute atomic E-state index is 0.0625. The van der Waals surface area contributed by atoms with Crippen LogP contribution in [0, 0.1) is 0 Å². The molecule has 32 heavy (non-hydrogen) atoms. The number of aromatic nitrogens is 4. The lowest BCUT2D eigenvalue weighted by molar-refractivity contribution is -0.137. The van der Waals surface area contributed by atoms with E-state index in [2.05, 4.69) is 25.6 Å². The first kappa shape index (κ1) is 20.8. The highest BCUT2D eigenvalue weighted by Crippen LogP contribution is 2.30. The number of nitrogens with one attached hydrogen (secondary N) is 2. The number of halogens is 3. The van der Waals surface area contributed by atoms with E-state index in [-0.39, 0.29) is 22.5 Å². The van der Waals surface area contributed by atoms with Crippen molar-refractivity contribution < 1.29 is 18.0 Å². The Morgan fingerprint density at radius 2 is 1.75 bits per heavy atom. The van der Waals surface area contributed by atoms with Crippen LogP contribution in [0.3, 0.4) is 0 Å². The number of anilines is 3. The van der Waals surface area contributed by atoms with E-state index in [1.165, 1.54) is 18.6 Å². The van der Waals surface area contributed by atoms with Crippen LogP contribution < -0.4 is 21.8 Å². The summed E-state index contributed by atoms with van der Waals surface area (Å²) < 4.78 is 40.0. The molecule has 4 rings (SSSR count). The molecule has 3 heterocycles. The van der Waals surface area contributed by atoms with Crippen molar-refractivity contribution in [1.82, 2.24) is 19.5 Å². The van der Waals surface area contributed by atoms with E-state index < -0.39 is 17.8 Å². The molecule has 0 unspecified atom stereocenters. The van der Waals surface area contributed by atoms with Crippen molar-refractivity contribution in [3.8, 4) is 5.69 Å². The SMILES string of the molecule is Nc1ncnc2c1c(=O)ccn2-c1ccc(NC(=O)Nc2cc(C(F)(F)F)ccn2)cc1. The molecule has 0 spiro atoms. The molecule has 0 bridgehead atoms. The number of nitrogens with two attached hydrogens (primary N) is 1. The van der Waals surface area contributed by atoms with Gasteiger partial charge in [-0.2, -0.15) is 13.2 Å². The summed E-state index contributed by atoms with van der Waals surface area (Å²) in [5, 5.41) is 4.95. The average Bonchev–Trinajstić information content (AvgIpc) is 2.74. The van der Waals surface area contributed by atoms with Gasteiger partial charge in [-0.1, -0.05) is 0 Å². The Kier molecular flexibility index (Phi) is 5.18. The molecule has 0 atom stereocenters. The molecular weight excluding hydrogens is 427 g/mol. The Labute approximate surface area is 177 Å². The Bertz CT molecular complexity index is 1370. The van der Waals surface area contributed by atoms with Crippen LogP contribution in [0.5, 0.6) is 0 Å². The molecule has 9 nitrogen and oxygen atoms in total. The highest BCUT2D eigenvalue weighted by Gasteiger charge is 2.30. The number of rotatable bonds is 3. The predicted octanol–water partition coefficient (Wildman–Crippen LogP) is 3.42. The summed E-state index contributed by atoms with van der Waals surface area (Å²) in [5.74, 6) is -0.182. The zero-order valence-corrected chi connectivity index (χ0v) is 16.1. The molecule has 3 aromatic heterocycles. The molecule has 4 aromatic rings. The molecular formula is C20H14F3N7O2. The standard InChI is InChI=1S/C20H14F3N7O2/c21-20(22,23)11-5-7-25-15(9-11)29-19(32)28-12-1-3-13(4-2-12)30-8-6-14(31)16-17(24)26-10-27-18(16)30/h1-10H,(H2,24,26,27)(H2,25,28,29,32). The van der Waals surface area contributed by atoms with Gasteiger partial charge < -0.3 is 15.6 Å². The van der Waals surface area contributed by atoms with Crippen LogP contribution in [0.2, 0.25) is 0 Å². The third-order valence-electron chi connectivity index (χ3n) is 4.44. The van der Waals surface area contributed by atoms with Crippen molar-refractivity contribution in [1.29, 1.82) is 0 Å². The smallest absolute Gasteiger partial charge is 0.383 e. The molecule has 0 aliphatic heterocycles. The van der Waals surface area contributed by atoms with Gasteiger partial charge in [-0.3, -0.25) is 10.1 Å². The molecule has 0 saturated carbocycles. The topological polar surface area (TPSA) is 128 Å². The monoisotopic (exact) mass is 441 g/mol. The van der Waals surface area contributed by atoms with Gasteiger partial charge >= 0.3 is 12.2 Å². The van der Waals surface area contributed by atoms with Gasteiger partial charge in [0.2, 0.25) is 0 Å². The summed E-state index contributed by atoms with van der Waals surface area (Å²) >= 11 is 0. The lowest BCUT2D eigenvalue weighted by Crippen LogP contribution is -2.20. The van der Waals surface area contributed by atoms with Crippen LogP contribution >= 0.6 is 0 Å². The number of urea groups is 1. The largest absolute Gasteiger partial charge is 0.416 e.